The van der Waals surface area contributed by atoms with Gasteiger partial charge in [0, 0.05) is 42.5 Å². The zero-order chi connectivity index (χ0) is 23.5. The van der Waals surface area contributed by atoms with Crippen LogP contribution in [-0.4, -0.2) is 67.7 Å². The Morgan fingerprint density at radius 3 is 1.97 bits per heavy atom. The highest BCUT2D eigenvalue weighted by molar-refractivity contribution is 5.97. The lowest BCUT2D eigenvalue weighted by Gasteiger charge is -2.21. The smallest absolute Gasteiger partial charge is 0.254 e. The van der Waals surface area contributed by atoms with Crippen LogP contribution in [0.1, 0.15) is 59.1 Å². The van der Waals surface area contributed by atoms with Crippen molar-refractivity contribution in [1.29, 1.82) is 0 Å². The van der Waals surface area contributed by atoms with Crippen molar-refractivity contribution in [1.82, 2.24) is 35.1 Å². The van der Waals surface area contributed by atoms with Crippen molar-refractivity contribution in [2.45, 2.75) is 39.8 Å². The third-order valence-electron chi connectivity index (χ3n) is 5.55. The van der Waals surface area contributed by atoms with Gasteiger partial charge in [-0.05, 0) is 56.7 Å². The van der Waals surface area contributed by atoms with Crippen molar-refractivity contribution in [3.8, 4) is 0 Å². The third kappa shape index (κ3) is 7.28. The molecular weight excluding hydrogens is 418 g/mol. The monoisotopic (exact) mass is 451 g/mol. The summed E-state index contributed by atoms with van der Waals surface area (Å²) in [5.41, 5.74) is 1.04. The largest absolute Gasteiger partial charge is 0.352 e. The first-order valence-electron chi connectivity index (χ1n) is 11.5. The molecule has 2 amide bonds. The second kappa shape index (κ2) is 12.5. The zero-order valence-corrected chi connectivity index (χ0v) is 19.4. The number of carbonyl (C=O) groups is 2. The fourth-order valence-electron chi connectivity index (χ4n) is 3.58. The molecule has 2 heterocycles. The van der Waals surface area contributed by atoms with Gasteiger partial charge in [-0.2, -0.15) is 0 Å². The first-order chi connectivity index (χ1) is 16.1. The minimum Gasteiger partial charge on any atom is -0.352 e. The molecule has 3 rings (SSSR count). The minimum atomic E-state index is -0.161. The van der Waals surface area contributed by atoms with E-state index in [1.807, 2.05) is 0 Å². The van der Waals surface area contributed by atoms with Gasteiger partial charge in [-0.15, -0.1) is 0 Å². The Labute approximate surface area is 194 Å². The van der Waals surface area contributed by atoms with Crippen LogP contribution in [-0.2, 0) is 13.1 Å². The highest BCUT2D eigenvalue weighted by atomic mass is 16.2. The quantitative estimate of drug-likeness (QED) is 0.346. The molecule has 0 unspecified atom stereocenters. The number of aromatic nitrogens is 4. The summed E-state index contributed by atoms with van der Waals surface area (Å²) in [4.78, 5) is 44.1. The number of imidazole rings is 2. The van der Waals surface area contributed by atoms with Crippen LogP contribution >= 0.6 is 0 Å². The van der Waals surface area contributed by atoms with Crippen molar-refractivity contribution in [3.63, 3.8) is 0 Å². The van der Waals surface area contributed by atoms with E-state index >= 15 is 0 Å². The second-order valence-electron chi connectivity index (χ2n) is 7.80. The van der Waals surface area contributed by atoms with Crippen molar-refractivity contribution >= 4 is 11.8 Å². The summed E-state index contributed by atoms with van der Waals surface area (Å²) in [6.07, 6.45) is 8.75. The van der Waals surface area contributed by atoms with Crippen LogP contribution in [0.5, 0.6) is 0 Å². The van der Waals surface area contributed by atoms with Crippen LogP contribution in [0.3, 0.4) is 0 Å². The first kappa shape index (κ1) is 24.2. The molecule has 0 aliphatic rings. The Hall–Kier alpha value is -3.46. The van der Waals surface area contributed by atoms with E-state index in [0.29, 0.717) is 42.4 Å². The number of hydrogen-bond acceptors (Lipinski definition) is 5. The van der Waals surface area contributed by atoms with Crippen LogP contribution in [0.4, 0.5) is 0 Å². The van der Waals surface area contributed by atoms with Crippen LogP contribution < -0.4 is 5.32 Å². The average molecular weight is 452 g/mol. The summed E-state index contributed by atoms with van der Waals surface area (Å²) in [5.74, 6) is 1.09. The van der Waals surface area contributed by atoms with Gasteiger partial charge < -0.3 is 25.1 Å². The summed E-state index contributed by atoms with van der Waals surface area (Å²) in [7, 11) is 0. The molecule has 0 saturated carbocycles. The Balaban J connectivity index is 1.55. The normalized spacial score (nSPS) is 11.0. The highest BCUT2D eigenvalue weighted by Gasteiger charge is 2.19. The molecule has 0 spiro atoms. The molecule has 0 aliphatic carbocycles. The van der Waals surface area contributed by atoms with E-state index in [4.69, 9.17) is 0 Å². The van der Waals surface area contributed by atoms with E-state index in [1.165, 1.54) is 0 Å². The molecule has 0 fully saturated rings. The second-order valence-corrected chi connectivity index (χ2v) is 7.80. The van der Waals surface area contributed by atoms with Gasteiger partial charge in [0.15, 0.2) is 0 Å². The Morgan fingerprint density at radius 2 is 1.45 bits per heavy atom. The summed E-state index contributed by atoms with van der Waals surface area (Å²) in [6, 6.07) is 6.76. The van der Waals surface area contributed by atoms with Crippen molar-refractivity contribution < 1.29 is 9.59 Å². The van der Waals surface area contributed by atoms with Gasteiger partial charge in [-0.1, -0.05) is 13.8 Å². The van der Waals surface area contributed by atoms with Crippen molar-refractivity contribution in [2.24, 2.45) is 0 Å². The Morgan fingerprint density at radius 1 is 0.879 bits per heavy atom. The first-order valence-corrected chi connectivity index (χ1v) is 11.5. The maximum absolute atomic E-state index is 13.2. The molecule has 3 aromatic rings. The number of amides is 2. The number of nitrogens with zero attached hydrogens (tertiary/aromatic N) is 4. The van der Waals surface area contributed by atoms with Crippen LogP contribution in [0.2, 0.25) is 0 Å². The number of unbranched alkanes of at least 4 members (excludes halogenated alkanes) is 1. The lowest BCUT2D eigenvalue weighted by molar-refractivity contribution is 0.0721. The molecule has 0 aliphatic heterocycles. The van der Waals surface area contributed by atoms with E-state index in [1.54, 1.807) is 54.0 Å². The zero-order valence-electron chi connectivity index (χ0n) is 19.4. The van der Waals surface area contributed by atoms with Gasteiger partial charge in [0.2, 0.25) is 0 Å². The molecule has 3 N–H and O–H groups in total. The van der Waals surface area contributed by atoms with Gasteiger partial charge in [0.1, 0.15) is 11.6 Å². The molecule has 0 radical (unpaired) electrons. The van der Waals surface area contributed by atoms with E-state index in [0.717, 1.165) is 32.5 Å². The highest BCUT2D eigenvalue weighted by Crippen LogP contribution is 2.12. The molecule has 176 valence electrons. The van der Waals surface area contributed by atoms with Crippen molar-refractivity contribution in [3.05, 3.63) is 71.8 Å². The molecule has 33 heavy (non-hydrogen) atoms. The third-order valence-corrected chi connectivity index (χ3v) is 5.55. The summed E-state index contributed by atoms with van der Waals surface area (Å²) in [6.45, 7) is 8.75. The molecule has 0 bridgehead atoms. The SMILES string of the molecule is CCN(CC)CCCCNC(=O)c1ccc(C(=O)N(Cc2ncc[nH]2)Cc2ncc[nH]2)cc1. The molecule has 9 nitrogen and oxygen atoms in total. The number of nitrogens with one attached hydrogen (secondary N) is 3. The van der Waals surface area contributed by atoms with Gasteiger partial charge in [0.25, 0.3) is 11.8 Å². The van der Waals surface area contributed by atoms with E-state index in [9.17, 15) is 9.59 Å². The topological polar surface area (TPSA) is 110 Å². The van der Waals surface area contributed by atoms with E-state index in [-0.39, 0.29) is 11.8 Å². The molecule has 1 aromatic carbocycles. The van der Waals surface area contributed by atoms with Crippen LogP contribution in [0, 0.1) is 0 Å². The fourth-order valence-corrected chi connectivity index (χ4v) is 3.58. The lowest BCUT2D eigenvalue weighted by Crippen LogP contribution is -2.31. The maximum atomic E-state index is 13.2. The van der Waals surface area contributed by atoms with E-state index in [2.05, 4.69) is 44.0 Å². The molecule has 2 aromatic heterocycles. The van der Waals surface area contributed by atoms with Crippen LogP contribution in [0.25, 0.3) is 0 Å². The molecule has 0 saturated heterocycles. The molecule has 9 heteroatoms. The predicted octanol–water partition coefficient (Wildman–Crippen LogP) is 2.83. The summed E-state index contributed by atoms with van der Waals surface area (Å²) in [5, 5.41) is 2.96. The number of aromatic amines is 2. The fraction of sp³-hybridized carbons (Fsp3) is 0.417. The standard InChI is InChI=1S/C24H33N7O2/c1-3-30(4-2)16-6-5-11-29-23(32)19-7-9-20(10-8-19)24(33)31(17-21-25-12-13-26-21)18-22-27-14-15-28-22/h7-10,12-15H,3-6,11,16-18H2,1-2H3,(H,25,26)(H,27,28)(H,29,32). The number of hydrogen-bond donors (Lipinski definition) is 3. The van der Waals surface area contributed by atoms with Gasteiger partial charge >= 0.3 is 0 Å². The van der Waals surface area contributed by atoms with Gasteiger partial charge in [-0.25, -0.2) is 9.97 Å². The number of rotatable bonds is 13. The molecular formula is C24H33N7O2. The lowest BCUT2D eigenvalue weighted by atomic mass is 10.1. The predicted molar refractivity (Wildman–Crippen MR) is 127 cm³/mol. The van der Waals surface area contributed by atoms with E-state index < -0.39 is 0 Å². The maximum Gasteiger partial charge on any atom is 0.254 e. The van der Waals surface area contributed by atoms with Gasteiger partial charge in [-0.3, -0.25) is 9.59 Å². The van der Waals surface area contributed by atoms with Crippen molar-refractivity contribution in [2.75, 3.05) is 26.2 Å². The average Bonchev–Trinajstić information content (AvgIpc) is 3.55. The molecule has 0 atom stereocenters. The number of H-pyrrole nitrogens is 2. The number of carbonyl (C=O) groups excluding carboxylic acids is 2. The summed E-state index contributed by atoms with van der Waals surface area (Å²) >= 11 is 0. The van der Waals surface area contributed by atoms with Gasteiger partial charge in [0.05, 0.1) is 13.1 Å². The number of benzene rings is 1. The summed E-state index contributed by atoms with van der Waals surface area (Å²) < 4.78 is 0. The minimum absolute atomic E-state index is 0.125. The van der Waals surface area contributed by atoms with Crippen LogP contribution in [0.15, 0.2) is 49.1 Å². The Bertz CT molecular complexity index is 929. The Kier molecular flexibility index (Phi) is 9.19.